The number of carbonyl (C=O) groups is 9. The summed E-state index contributed by atoms with van der Waals surface area (Å²) in [4.78, 5) is 131. The van der Waals surface area contributed by atoms with Gasteiger partial charge in [-0.25, -0.2) is 9.59 Å². The van der Waals surface area contributed by atoms with Crippen LogP contribution in [0.4, 0.5) is 4.79 Å². The molecule has 4 heterocycles. The molecule has 23 heteroatoms. The van der Waals surface area contributed by atoms with Crippen molar-refractivity contribution in [2.45, 2.75) is 159 Å². The van der Waals surface area contributed by atoms with Crippen molar-refractivity contribution < 1.29 is 53.0 Å². The maximum Gasteiger partial charge on any atom is 0.408 e. The zero-order chi connectivity index (χ0) is 55.8. The van der Waals surface area contributed by atoms with Crippen molar-refractivity contribution in [1.29, 1.82) is 5.41 Å². The van der Waals surface area contributed by atoms with E-state index >= 15 is 0 Å². The number of ketones is 1. The number of fused-ring (bicyclic) bond motifs is 1. The monoisotopic (exact) mass is 1070 g/mol. The van der Waals surface area contributed by atoms with Crippen LogP contribution in [0.3, 0.4) is 0 Å². The van der Waals surface area contributed by atoms with Crippen molar-refractivity contribution >= 4 is 70.2 Å². The van der Waals surface area contributed by atoms with Crippen LogP contribution in [0, 0.1) is 11.3 Å². The van der Waals surface area contributed by atoms with Gasteiger partial charge in [0.2, 0.25) is 35.4 Å². The molecule has 3 aliphatic rings. The van der Waals surface area contributed by atoms with E-state index in [0.717, 1.165) is 22.0 Å². The molecule has 6 rings (SSSR count). The third kappa shape index (κ3) is 15.5. The molecule has 23 nitrogen and oxygen atoms in total. The highest BCUT2D eigenvalue weighted by Crippen LogP contribution is 2.28. The number of hydrogen-bond donors (Lipinski definition) is 10. The van der Waals surface area contributed by atoms with Crippen molar-refractivity contribution in [3.8, 4) is 0 Å². The Kier molecular flexibility index (Phi) is 21.3. The molecule has 0 radical (unpaired) electrons. The number of carboxylic acid groups (broad SMARTS) is 1. The van der Waals surface area contributed by atoms with Gasteiger partial charge in [-0.15, -0.1) is 0 Å². The van der Waals surface area contributed by atoms with Gasteiger partial charge in [-0.3, -0.25) is 44.3 Å². The van der Waals surface area contributed by atoms with Crippen molar-refractivity contribution in [2.75, 3.05) is 26.2 Å². The first-order valence-electron chi connectivity index (χ1n) is 26.8. The number of hydrogen-bond acceptors (Lipinski definition) is 12. The minimum Gasteiger partial charge on any atom is -0.480 e. The minimum atomic E-state index is -1.39. The van der Waals surface area contributed by atoms with Crippen molar-refractivity contribution in [2.24, 2.45) is 17.4 Å². The summed E-state index contributed by atoms with van der Waals surface area (Å²) in [7, 11) is 0. The van der Waals surface area contributed by atoms with Gasteiger partial charge in [-0.1, -0.05) is 75.7 Å². The maximum absolute atomic E-state index is 14.9. The molecule has 0 aliphatic carbocycles. The predicted octanol–water partition coefficient (Wildman–Crippen LogP) is 1.91. The topological polar surface area (TPSA) is 345 Å². The number of rotatable bonds is 27. The van der Waals surface area contributed by atoms with Gasteiger partial charge >= 0.3 is 12.1 Å². The van der Waals surface area contributed by atoms with Crippen LogP contribution in [0.2, 0.25) is 0 Å². The number of carbonyl (C=O) groups excluding carboxylic acids is 8. The first kappa shape index (κ1) is 58.7. The molecule has 0 saturated carbocycles. The number of benzene rings is 2. The minimum absolute atomic E-state index is 0.0408. The highest BCUT2D eigenvalue weighted by atomic mass is 16.5. The molecule has 9 atom stereocenters. The average Bonchev–Trinajstić information content (AvgIpc) is 4.29. The van der Waals surface area contributed by atoms with Crippen LogP contribution in [0.25, 0.3) is 10.9 Å². The van der Waals surface area contributed by atoms with Crippen LogP contribution in [-0.2, 0) is 56.1 Å². The lowest BCUT2D eigenvalue weighted by molar-refractivity contribution is -0.152. The van der Waals surface area contributed by atoms with Gasteiger partial charge in [-0.2, -0.15) is 0 Å². The van der Waals surface area contributed by atoms with E-state index in [1.165, 1.54) is 14.7 Å². The summed E-state index contributed by atoms with van der Waals surface area (Å²) in [6, 6.07) is 7.87. The van der Waals surface area contributed by atoms with Gasteiger partial charge < -0.3 is 62.3 Å². The van der Waals surface area contributed by atoms with E-state index in [0.29, 0.717) is 44.9 Å². The fraction of sp³-hybridized carbons (Fsp3) is 0.556. The normalized spacial score (nSPS) is 19.6. The number of aliphatic carboxylic acids is 1. The summed E-state index contributed by atoms with van der Waals surface area (Å²) in [5.74, 6) is -6.02. The summed E-state index contributed by atoms with van der Waals surface area (Å²) < 4.78 is 5.55. The second-order valence-electron chi connectivity index (χ2n) is 20.2. The lowest BCUT2D eigenvalue weighted by Gasteiger charge is -2.34. The molecule has 3 aliphatic heterocycles. The molecule has 418 valence electrons. The Labute approximate surface area is 448 Å². The van der Waals surface area contributed by atoms with Gasteiger partial charge in [0.25, 0.3) is 0 Å². The van der Waals surface area contributed by atoms with Crippen molar-refractivity contribution in [3.63, 3.8) is 0 Å². The second kappa shape index (κ2) is 28.0. The number of H-pyrrole nitrogens is 1. The van der Waals surface area contributed by atoms with E-state index in [4.69, 9.17) is 21.6 Å². The third-order valence-electron chi connectivity index (χ3n) is 15.0. The Morgan fingerprint density at radius 1 is 0.753 bits per heavy atom. The zero-order valence-corrected chi connectivity index (χ0v) is 44.2. The molecule has 7 amide bonds. The molecule has 2 aromatic carbocycles. The molecule has 12 N–H and O–H groups in total. The summed E-state index contributed by atoms with van der Waals surface area (Å²) >= 11 is 0. The van der Waals surface area contributed by atoms with E-state index in [1.54, 1.807) is 32.2 Å². The fourth-order valence-corrected chi connectivity index (χ4v) is 10.6. The number of para-hydroxylation sites is 1. The molecular formula is C54H76N12O11. The quantitative estimate of drug-likeness (QED) is 0.0296. The van der Waals surface area contributed by atoms with E-state index in [9.17, 15) is 48.3 Å². The van der Waals surface area contributed by atoms with Gasteiger partial charge in [0, 0.05) is 56.1 Å². The number of nitrogens with two attached hydrogens (primary N) is 2. The molecular weight excluding hydrogens is 993 g/mol. The first-order valence-corrected chi connectivity index (χ1v) is 26.8. The molecule has 1 aromatic heterocycles. The van der Waals surface area contributed by atoms with Gasteiger partial charge in [0.15, 0.2) is 11.7 Å². The van der Waals surface area contributed by atoms with Crippen molar-refractivity contribution in [3.05, 3.63) is 71.9 Å². The number of aromatic amines is 1. The number of primary amides is 1. The first-order chi connectivity index (χ1) is 36.9. The predicted molar refractivity (Wildman–Crippen MR) is 284 cm³/mol. The summed E-state index contributed by atoms with van der Waals surface area (Å²) in [6.07, 6.45) is 3.78. The highest BCUT2D eigenvalue weighted by molar-refractivity contribution is 5.98. The smallest absolute Gasteiger partial charge is 0.408 e. The Balaban J connectivity index is 1.19. The lowest BCUT2D eigenvalue weighted by Crippen LogP contribution is -2.60. The molecule has 0 spiro atoms. The van der Waals surface area contributed by atoms with E-state index < -0.39 is 108 Å². The van der Waals surface area contributed by atoms with E-state index in [2.05, 4.69) is 31.6 Å². The van der Waals surface area contributed by atoms with Gasteiger partial charge in [0.05, 0.1) is 18.1 Å². The number of alkyl carbamates (subject to hydrolysis) is 1. The van der Waals surface area contributed by atoms with Gasteiger partial charge in [-0.05, 0) is 87.3 Å². The van der Waals surface area contributed by atoms with E-state index in [-0.39, 0.29) is 77.3 Å². The highest BCUT2D eigenvalue weighted by Gasteiger charge is 2.45. The van der Waals surface area contributed by atoms with Crippen LogP contribution < -0.4 is 38.1 Å². The molecule has 3 aromatic rings. The number of nitrogens with one attached hydrogen (secondary N) is 7. The number of nitrogens with zero attached hydrogens (tertiary/aromatic N) is 3. The number of aromatic nitrogens is 1. The molecule has 3 fully saturated rings. The molecule has 3 saturated heterocycles. The largest absolute Gasteiger partial charge is 0.480 e. The molecule has 9 unspecified atom stereocenters. The summed E-state index contributed by atoms with van der Waals surface area (Å²) in [5, 5.41) is 32.6. The standard InChI is InChI=1S/C54H76N12O11/c1-4-32(3)45(51(73)65-27-13-21-42(65)50(72)66-28-14-22-43(66)52(74)75)63-47(69)38(23-24-44(55)67)61-48(70)41-20-12-26-64(41)49(71)39(19-11-25-58-53(56)57)60-36(5-2)46(68)40(29-34-30-59-37-18-10-9-17-35(34)37)62-54(76)77-31-33-15-7-6-8-16-33/h6-10,15-18,30,32,36,38-43,45,59-60H,4-5,11-14,19-29,31H2,1-3H3,(H2,55,67)(H,61,70)(H,62,76)(H,63,69)(H,74,75)(H4,56,57,58). The van der Waals surface area contributed by atoms with Crippen LogP contribution >= 0.6 is 0 Å². The number of Topliss-reactive ketones (excluding diaryl/α,β-unsaturated/α-hetero) is 1. The lowest BCUT2D eigenvalue weighted by atomic mass is 9.95. The average molecular weight is 1070 g/mol. The van der Waals surface area contributed by atoms with Crippen LogP contribution in [-0.4, -0.2) is 159 Å². The summed E-state index contributed by atoms with van der Waals surface area (Å²) in [5.41, 5.74) is 13.4. The van der Waals surface area contributed by atoms with Crippen LogP contribution in [0.15, 0.2) is 60.8 Å². The second-order valence-corrected chi connectivity index (χ2v) is 20.2. The van der Waals surface area contributed by atoms with E-state index in [1.807, 2.05) is 49.4 Å². The number of carboxylic acids is 1. The Morgan fingerprint density at radius 3 is 2.06 bits per heavy atom. The molecule has 77 heavy (non-hydrogen) atoms. The number of guanidine groups is 1. The SMILES string of the molecule is CCC(NC(CCCNC(=N)N)C(=O)N1CCCC1C(=O)NC(CCC(N)=O)C(=O)NC(C(=O)N1CCCC1C(=O)N1CCCC1C(=O)O)C(C)CC)C(=O)C(Cc1c[nH]c2ccccc12)NC(=O)OCc1ccccc1. The van der Waals surface area contributed by atoms with Gasteiger partial charge in [0.1, 0.15) is 36.8 Å². The number of likely N-dealkylation sites (tertiary alicyclic amines) is 3. The summed E-state index contributed by atoms with van der Waals surface area (Å²) in [6.45, 7) is 6.13. The Hall–Kier alpha value is -7.56. The third-order valence-corrected chi connectivity index (χ3v) is 15.0. The zero-order valence-electron chi connectivity index (χ0n) is 44.2. The number of ether oxygens (including phenoxy) is 1. The van der Waals surface area contributed by atoms with Crippen LogP contribution in [0.1, 0.15) is 109 Å². The molecule has 0 bridgehead atoms. The fourth-order valence-electron chi connectivity index (χ4n) is 10.6. The van der Waals surface area contributed by atoms with Crippen molar-refractivity contribution in [1.82, 2.24) is 46.3 Å². The number of amides is 7. The van der Waals surface area contributed by atoms with Crippen LogP contribution in [0.5, 0.6) is 0 Å². The Bertz CT molecular complexity index is 2590. The maximum atomic E-state index is 14.9. The Morgan fingerprint density at radius 2 is 1.40 bits per heavy atom.